The van der Waals surface area contributed by atoms with Crippen LogP contribution in [0, 0.1) is 6.92 Å². The van der Waals surface area contributed by atoms with E-state index in [-0.39, 0.29) is 0 Å². The number of hydrogen-bond donors (Lipinski definition) is 2. The quantitative estimate of drug-likeness (QED) is 0.690. The Labute approximate surface area is 120 Å². The first-order valence-corrected chi connectivity index (χ1v) is 9.11. The number of rotatable bonds is 9. The van der Waals surface area contributed by atoms with Gasteiger partial charge < -0.3 is 5.32 Å². The van der Waals surface area contributed by atoms with Crippen molar-refractivity contribution in [2.45, 2.75) is 50.8 Å². The molecule has 19 heavy (non-hydrogen) atoms. The van der Waals surface area contributed by atoms with Gasteiger partial charge in [-0.05, 0) is 37.9 Å². The molecule has 0 bridgehead atoms. The Morgan fingerprint density at radius 3 is 2.58 bits per heavy atom. The Bertz CT molecular complexity index is 481. The molecule has 0 aromatic carbocycles. The number of thiophene rings is 1. The third-order valence-electron chi connectivity index (χ3n) is 2.80. The van der Waals surface area contributed by atoms with Gasteiger partial charge in [-0.1, -0.05) is 20.3 Å². The highest BCUT2D eigenvalue weighted by Crippen LogP contribution is 2.25. The monoisotopic (exact) mass is 304 g/mol. The molecule has 0 saturated heterocycles. The number of nitrogens with one attached hydrogen (secondary N) is 2. The summed E-state index contributed by atoms with van der Waals surface area (Å²) in [4.78, 5) is 1.10. The maximum Gasteiger partial charge on any atom is 0.250 e. The summed E-state index contributed by atoms with van der Waals surface area (Å²) in [6, 6.07) is 1.77. The zero-order chi connectivity index (χ0) is 14.3. The second-order valence-electron chi connectivity index (χ2n) is 4.60. The van der Waals surface area contributed by atoms with Crippen LogP contribution in [0.1, 0.15) is 43.6 Å². The molecule has 0 unspecified atom stereocenters. The lowest BCUT2D eigenvalue weighted by Gasteiger charge is -2.03. The smallest absolute Gasteiger partial charge is 0.250 e. The van der Waals surface area contributed by atoms with Crippen molar-refractivity contribution in [1.29, 1.82) is 0 Å². The van der Waals surface area contributed by atoms with Gasteiger partial charge in [0.25, 0.3) is 0 Å². The van der Waals surface area contributed by atoms with Crippen LogP contribution in [0.5, 0.6) is 0 Å². The van der Waals surface area contributed by atoms with Crippen molar-refractivity contribution >= 4 is 21.4 Å². The van der Waals surface area contributed by atoms with E-state index in [1.807, 2.05) is 13.8 Å². The van der Waals surface area contributed by atoms with Crippen molar-refractivity contribution in [3.63, 3.8) is 0 Å². The van der Waals surface area contributed by atoms with E-state index < -0.39 is 10.0 Å². The van der Waals surface area contributed by atoms with Crippen molar-refractivity contribution in [3.8, 4) is 0 Å². The van der Waals surface area contributed by atoms with Crippen molar-refractivity contribution in [3.05, 3.63) is 16.5 Å². The maximum absolute atomic E-state index is 12.1. The van der Waals surface area contributed by atoms with Gasteiger partial charge in [-0.2, -0.15) is 0 Å². The lowest BCUT2D eigenvalue weighted by Crippen LogP contribution is -2.23. The molecule has 0 spiro atoms. The molecule has 2 N–H and O–H groups in total. The van der Waals surface area contributed by atoms with E-state index in [1.54, 1.807) is 6.07 Å². The van der Waals surface area contributed by atoms with Crippen LogP contribution >= 0.6 is 11.3 Å². The minimum atomic E-state index is -3.32. The summed E-state index contributed by atoms with van der Waals surface area (Å²) in [5.41, 5.74) is 1.05. The van der Waals surface area contributed by atoms with Gasteiger partial charge in [0, 0.05) is 18.0 Å². The number of sulfonamides is 1. The Kier molecular flexibility index (Phi) is 6.99. The summed E-state index contributed by atoms with van der Waals surface area (Å²) in [6.07, 6.45) is 2.93. The summed E-state index contributed by atoms with van der Waals surface area (Å²) < 4.78 is 27.2. The highest BCUT2D eigenvalue weighted by molar-refractivity contribution is 7.91. The van der Waals surface area contributed by atoms with Crippen LogP contribution < -0.4 is 10.0 Å². The normalized spacial score (nSPS) is 11.9. The largest absolute Gasteiger partial charge is 0.312 e. The van der Waals surface area contributed by atoms with E-state index in [1.165, 1.54) is 11.3 Å². The van der Waals surface area contributed by atoms with E-state index in [9.17, 15) is 8.42 Å². The molecule has 0 aliphatic carbocycles. The van der Waals surface area contributed by atoms with Gasteiger partial charge >= 0.3 is 0 Å². The van der Waals surface area contributed by atoms with Gasteiger partial charge in [-0.3, -0.25) is 0 Å². The summed E-state index contributed by atoms with van der Waals surface area (Å²) >= 11 is 1.36. The fourth-order valence-corrected chi connectivity index (χ4v) is 4.31. The van der Waals surface area contributed by atoms with Gasteiger partial charge in [0.2, 0.25) is 10.0 Å². The molecule has 1 heterocycles. The molecule has 1 aromatic heterocycles. The van der Waals surface area contributed by atoms with Gasteiger partial charge in [0.15, 0.2) is 0 Å². The Hall–Kier alpha value is -0.430. The molecule has 110 valence electrons. The summed E-state index contributed by atoms with van der Waals surface area (Å²) in [7, 11) is -3.32. The van der Waals surface area contributed by atoms with Gasteiger partial charge in [0.1, 0.15) is 4.21 Å². The average molecular weight is 304 g/mol. The molecule has 0 fully saturated rings. The Balaban J connectivity index is 2.70. The number of aryl methyl sites for hydroxylation is 1. The zero-order valence-electron chi connectivity index (χ0n) is 12.0. The summed E-state index contributed by atoms with van der Waals surface area (Å²) in [5, 5.41) is 3.30. The third kappa shape index (κ3) is 5.22. The third-order valence-corrected chi connectivity index (χ3v) is 5.97. The average Bonchev–Trinajstić information content (AvgIpc) is 2.72. The SMILES string of the molecule is CCCCNS(=O)(=O)c1cc(C)c(CNCCC)s1. The summed E-state index contributed by atoms with van der Waals surface area (Å²) in [6.45, 7) is 8.33. The number of hydrogen-bond acceptors (Lipinski definition) is 4. The summed E-state index contributed by atoms with van der Waals surface area (Å²) in [5.74, 6) is 0. The molecule has 6 heteroatoms. The fraction of sp³-hybridized carbons (Fsp3) is 0.692. The van der Waals surface area contributed by atoms with E-state index in [0.717, 1.165) is 42.8 Å². The van der Waals surface area contributed by atoms with E-state index in [0.29, 0.717) is 10.8 Å². The standard InChI is InChI=1S/C13H24N2O2S2/c1-4-6-8-15-19(16,17)13-9-11(3)12(18-13)10-14-7-5-2/h9,14-15H,4-8,10H2,1-3H3. The number of unbranched alkanes of at least 4 members (excludes halogenated alkanes) is 1. The van der Waals surface area contributed by atoms with E-state index in [4.69, 9.17) is 0 Å². The van der Waals surface area contributed by atoms with Crippen molar-refractivity contribution in [2.75, 3.05) is 13.1 Å². The molecule has 1 aromatic rings. The minimum absolute atomic E-state index is 0.425. The van der Waals surface area contributed by atoms with E-state index >= 15 is 0 Å². The van der Waals surface area contributed by atoms with Crippen LogP contribution in [0.15, 0.2) is 10.3 Å². The molecule has 1 rings (SSSR count). The van der Waals surface area contributed by atoms with Crippen LogP contribution in [0.4, 0.5) is 0 Å². The lowest BCUT2D eigenvalue weighted by atomic mass is 10.3. The molecule has 0 aliphatic heterocycles. The van der Waals surface area contributed by atoms with Crippen molar-refractivity contribution < 1.29 is 8.42 Å². The van der Waals surface area contributed by atoms with Crippen LogP contribution in [-0.2, 0) is 16.6 Å². The van der Waals surface area contributed by atoms with E-state index in [2.05, 4.69) is 17.0 Å². The molecule has 0 atom stereocenters. The Morgan fingerprint density at radius 2 is 1.95 bits per heavy atom. The molecule has 0 saturated carbocycles. The Morgan fingerprint density at radius 1 is 1.21 bits per heavy atom. The zero-order valence-corrected chi connectivity index (χ0v) is 13.6. The van der Waals surface area contributed by atoms with Crippen LogP contribution in [-0.4, -0.2) is 21.5 Å². The van der Waals surface area contributed by atoms with Crippen LogP contribution in [0.25, 0.3) is 0 Å². The molecular formula is C13H24N2O2S2. The molecular weight excluding hydrogens is 280 g/mol. The topological polar surface area (TPSA) is 58.2 Å². The second kappa shape index (κ2) is 7.99. The van der Waals surface area contributed by atoms with Gasteiger partial charge in [-0.25, -0.2) is 13.1 Å². The van der Waals surface area contributed by atoms with Gasteiger partial charge in [0.05, 0.1) is 0 Å². The van der Waals surface area contributed by atoms with Crippen molar-refractivity contribution in [1.82, 2.24) is 10.0 Å². The van der Waals surface area contributed by atoms with Gasteiger partial charge in [-0.15, -0.1) is 11.3 Å². The highest BCUT2D eigenvalue weighted by atomic mass is 32.2. The molecule has 4 nitrogen and oxygen atoms in total. The molecule has 0 amide bonds. The van der Waals surface area contributed by atoms with Crippen molar-refractivity contribution in [2.24, 2.45) is 0 Å². The van der Waals surface area contributed by atoms with Crippen LogP contribution in [0.2, 0.25) is 0 Å². The first kappa shape index (κ1) is 16.6. The van der Waals surface area contributed by atoms with Crippen LogP contribution in [0.3, 0.4) is 0 Å². The minimum Gasteiger partial charge on any atom is -0.312 e. The second-order valence-corrected chi connectivity index (χ2v) is 7.73. The fourth-order valence-electron chi connectivity index (χ4n) is 1.63. The molecule has 0 radical (unpaired) electrons. The first-order valence-electron chi connectivity index (χ1n) is 6.81. The predicted octanol–water partition coefficient (Wildman–Crippen LogP) is 2.63. The predicted molar refractivity (Wildman–Crippen MR) is 81.2 cm³/mol. The first-order chi connectivity index (χ1) is 9.01. The molecule has 0 aliphatic rings. The highest BCUT2D eigenvalue weighted by Gasteiger charge is 2.17. The maximum atomic E-state index is 12.1. The lowest BCUT2D eigenvalue weighted by molar-refractivity contribution is 0.580.